The predicted octanol–water partition coefficient (Wildman–Crippen LogP) is 1.48. The van der Waals surface area contributed by atoms with Gasteiger partial charge < -0.3 is 30.8 Å². The first-order chi connectivity index (χ1) is 15.9. The fraction of sp³-hybridized carbons (Fsp3) is 0.577. The molecule has 0 aliphatic heterocycles. The summed E-state index contributed by atoms with van der Waals surface area (Å²) in [7, 11) is 0. The van der Waals surface area contributed by atoms with Gasteiger partial charge in [0, 0.05) is 18.8 Å². The highest BCUT2D eigenvalue weighted by Crippen LogP contribution is 2.36. The van der Waals surface area contributed by atoms with Crippen LogP contribution in [0.25, 0.3) is 0 Å². The summed E-state index contributed by atoms with van der Waals surface area (Å²) in [6.45, 7) is -0.589. The number of allylic oxidation sites excluding steroid dienone is 2. The molecule has 0 heterocycles. The molecule has 1 aliphatic rings. The van der Waals surface area contributed by atoms with E-state index in [2.05, 4.69) is 5.32 Å². The Morgan fingerprint density at radius 3 is 2.52 bits per heavy atom. The van der Waals surface area contributed by atoms with Crippen LogP contribution in [0.3, 0.4) is 0 Å². The van der Waals surface area contributed by atoms with Crippen molar-refractivity contribution in [3.05, 3.63) is 60.2 Å². The summed E-state index contributed by atoms with van der Waals surface area (Å²) in [5.74, 6) is -0.537. The zero-order valence-electron chi connectivity index (χ0n) is 19.2. The number of amides is 1. The van der Waals surface area contributed by atoms with Crippen LogP contribution in [0.2, 0.25) is 0 Å². The Morgan fingerprint density at radius 1 is 1.09 bits per heavy atom. The normalized spacial score (nSPS) is 24.2. The fourth-order valence-corrected chi connectivity index (χ4v) is 4.22. The van der Waals surface area contributed by atoms with Crippen LogP contribution in [0.5, 0.6) is 0 Å². The maximum atomic E-state index is 11.7. The lowest BCUT2D eigenvalue weighted by atomic mass is 9.89. The molecule has 0 radical (unpaired) electrons. The second-order valence-corrected chi connectivity index (χ2v) is 8.82. The van der Waals surface area contributed by atoms with Gasteiger partial charge in [-0.15, -0.1) is 0 Å². The summed E-state index contributed by atoms with van der Waals surface area (Å²) in [5.41, 5.74) is 1.17. The largest absolute Gasteiger partial charge is 0.394 e. The molecule has 0 aromatic heterocycles. The standard InChI is InChI=1S/C26H39NO6/c28-17-20(18-29)27-26(33)11-7-2-1-6-10-22-23(25(32)16-24(22)31)15-14-21(30)13-12-19-8-4-3-5-9-19/h1,3-6,8-9,14-15,20-25,28-32H,2,7,10-13,16-18H2,(H,27,33)/b6-1+,15-14+/t21-,22+,23+,24-,25+/m0/s1. The van der Waals surface area contributed by atoms with Gasteiger partial charge in [-0.1, -0.05) is 54.6 Å². The summed E-state index contributed by atoms with van der Waals surface area (Å²) in [6.07, 6.45) is 9.62. The molecule has 6 N–H and O–H groups in total. The number of aryl methyl sites for hydroxylation is 1. The smallest absolute Gasteiger partial charge is 0.220 e. The molecule has 1 aliphatic carbocycles. The number of hydrogen-bond acceptors (Lipinski definition) is 6. The van der Waals surface area contributed by atoms with E-state index in [0.717, 1.165) is 6.42 Å². The topological polar surface area (TPSA) is 130 Å². The summed E-state index contributed by atoms with van der Waals surface area (Å²) in [4.78, 5) is 11.7. The van der Waals surface area contributed by atoms with Gasteiger partial charge in [0.05, 0.1) is 37.6 Å². The molecule has 33 heavy (non-hydrogen) atoms. The minimum absolute atomic E-state index is 0.119. The van der Waals surface area contributed by atoms with Crippen molar-refractivity contribution >= 4 is 5.91 Å². The van der Waals surface area contributed by atoms with Crippen LogP contribution in [0.1, 0.15) is 44.1 Å². The summed E-state index contributed by atoms with van der Waals surface area (Å²) in [6, 6.07) is 9.36. The van der Waals surface area contributed by atoms with Gasteiger partial charge in [-0.2, -0.15) is 0 Å². The molecule has 1 aromatic carbocycles. The third-order valence-electron chi connectivity index (χ3n) is 6.20. The third-order valence-corrected chi connectivity index (χ3v) is 6.20. The maximum absolute atomic E-state index is 11.7. The monoisotopic (exact) mass is 461 g/mol. The quantitative estimate of drug-likeness (QED) is 0.184. The van der Waals surface area contributed by atoms with Gasteiger partial charge in [0.25, 0.3) is 0 Å². The van der Waals surface area contributed by atoms with Crippen LogP contribution in [-0.2, 0) is 11.2 Å². The van der Waals surface area contributed by atoms with Crippen molar-refractivity contribution in [1.29, 1.82) is 0 Å². The Labute approximate surface area is 196 Å². The van der Waals surface area contributed by atoms with Crippen molar-refractivity contribution in [1.82, 2.24) is 5.32 Å². The number of carbonyl (C=O) groups excluding carboxylic acids is 1. The van der Waals surface area contributed by atoms with Gasteiger partial charge in [0.15, 0.2) is 0 Å². The highest BCUT2D eigenvalue weighted by atomic mass is 16.3. The van der Waals surface area contributed by atoms with Gasteiger partial charge in [-0.05, 0) is 43.6 Å². The first kappa shape index (κ1) is 27.2. The number of benzene rings is 1. The van der Waals surface area contributed by atoms with Crippen molar-refractivity contribution in [3.8, 4) is 0 Å². The number of unbranched alkanes of at least 4 members (excludes halogenated alkanes) is 1. The Hall–Kier alpha value is -2.03. The fourth-order valence-electron chi connectivity index (χ4n) is 4.22. The number of rotatable bonds is 14. The van der Waals surface area contributed by atoms with Gasteiger partial charge in [-0.25, -0.2) is 0 Å². The molecule has 7 nitrogen and oxygen atoms in total. The highest BCUT2D eigenvalue weighted by molar-refractivity contribution is 5.76. The summed E-state index contributed by atoms with van der Waals surface area (Å²) >= 11 is 0. The van der Waals surface area contributed by atoms with Gasteiger partial charge in [-0.3, -0.25) is 4.79 Å². The lowest BCUT2D eigenvalue weighted by Crippen LogP contribution is -2.39. The second kappa shape index (κ2) is 15.0. The Kier molecular flexibility index (Phi) is 12.4. The maximum Gasteiger partial charge on any atom is 0.220 e. The Balaban J connectivity index is 1.74. The number of carbonyl (C=O) groups is 1. The van der Waals surface area contributed by atoms with Crippen LogP contribution in [0.15, 0.2) is 54.6 Å². The third kappa shape index (κ3) is 9.78. The van der Waals surface area contributed by atoms with E-state index >= 15 is 0 Å². The molecular weight excluding hydrogens is 422 g/mol. The van der Waals surface area contributed by atoms with E-state index in [1.807, 2.05) is 48.6 Å². The molecule has 0 unspecified atom stereocenters. The molecular formula is C26H39NO6. The number of hydrogen-bond donors (Lipinski definition) is 6. The van der Waals surface area contributed by atoms with Crippen LogP contribution in [0.4, 0.5) is 0 Å². The van der Waals surface area contributed by atoms with Crippen molar-refractivity contribution in [2.45, 2.75) is 69.3 Å². The Bertz CT molecular complexity index is 734. The van der Waals surface area contributed by atoms with Crippen molar-refractivity contribution in [2.24, 2.45) is 11.8 Å². The molecule has 2 rings (SSSR count). The van der Waals surface area contributed by atoms with Crippen LogP contribution in [0, 0.1) is 11.8 Å². The predicted molar refractivity (Wildman–Crippen MR) is 127 cm³/mol. The molecule has 0 saturated heterocycles. The molecule has 7 heteroatoms. The lowest BCUT2D eigenvalue weighted by Gasteiger charge is -2.19. The van der Waals surface area contributed by atoms with E-state index in [1.165, 1.54) is 5.56 Å². The van der Waals surface area contributed by atoms with E-state index in [0.29, 0.717) is 38.5 Å². The van der Waals surface area contributed by atoms with Crippen molar-refractivity contribution < 1.29 is 30.3 Å². The van der Waals surface area contributed by atoms with E-state index in [4.69, 9.17) is 10.2 Å². The molecule has 0 spiro atoms. The molecule has 5 atom stereocenters. The Morgan fingerprint density at radius 2 is 1.82 bits per heavy atom. The first-order valence-electron chi connectivity index (χ1n) is 11.9. The molecule has 0 bridgehead atoms. The SMILES string of the molecule is O=C(CCC/C=C/C[C@@H]1[C@@H](/C=C/[C@@H](O)CCc2ccccc2)[C@H](O)C[C@@H]1O)NC(CO)CO. The average Bonchev–Trinajstić information content (AvgIpc) is 3.09. The zero-order chi connectivity index (χ0) is 24.1. The number of aliphatic hydroxyl groups is 5. The second-order valence-electron chi connectivity index (χ2n) is 8.82. The minimum atomic E-state index is -0.634. The first-order valence-corrected chi connectivity index (χ1v) is 11.9. The van der Waals surface area contributed by atoms with Crippen LogP contribution >= 0.6 is 0 Å². The molecule has 1 aromatic rings. The molecule has 1 fully saturated rings. The average molecular weight is 462 g/mol. The zero-order valence-corrected chi connectivity index (χ0v) is 19.2. The number of nitrogens with one attached hydrogen (secondary N) is 1. The molecule has 1 amide bonds. The van der Waals surface area contributed by atoms with Gasteiger partial charge in [0.1, 0.15) is 0 Å². The van der Waals surface area contributed by atoms with Gasteiger partial charge >= 0.3 is 0 Å². The number of aliphatic hydroxyl groups excluding tert-OH is 5. The molecule has 1 saturated carbocycles. The van der Waals surface area contributed by atoms with Crippen molar-refractivity contribution in [3.63, 3.8) is 0 Å². The van der Waals surface area contributed by atoms with E-state index < -0.39 is 24.4 Å². The van der Waals surface area contributed by atoms with Crippen molar-refractivity contribution in [2.75, 3.05) is 13.2 Å². The molecule has 184 valence electrons. The van der Waals surface area contributed by atoms with E-state index in [-0.39, 0.29) is 31.0 Å². The van der Waals surface area contributed by atoms with Crippen LogP contribution in [-0.4, -0.2) is 69.0 Å². The van der Waals surface area contributed by atoms with Gasteiger partial charge in [0.2, 0.25) is 5.91 Å². The minimum Gasteiger partial charge on any atom is -0.394 e. The lowest BCUT2D eigenvalue weighted by molar-refractivity contribution is -0.122. The van der Waals surface area contributed by atoms with E-state index in [1.54, 1.807) is 6.08 Å². The van der Waals surface area contributed by atoms with Crippen LogP contribution < -0.4 is 5.32 Å². The summed E-state index contributed by atoms with van der Waals surface area (Å²) < 4.78 is 0. The highest BCUT2D eigenvalue weighted by Gasteiger charge is 2.39. The summed E-state index contributed by atoms with van der Waals surface area (Å²) in [5, 5.41) is 51.6. The van der Waals surface area contributed by atoms with E-state index in [9.17, 15) is 20.1 Å².